The lowest BCUT2D eigenvalue weighted by atomic mass is 9.82. The molecule has 2 unspecified atom stereocenters. The van der Waals surface area contributed by atoms with Gasteiger partial charge in [0.05, 0.1) is 12.1 Å². The van der Waals surface area contributed by atoms with Gasteiger partial charge in [0.25, 0.3) is 0 Å². The van der Waals surface area contributed by atoms with E-state index in [9.17, 15) is 5.26 Å². The molecule has 0 aromatic heterocycles. The van der Waals surface area contributed by atoms with Crippen LogP contribution in [0.4, 0.5) is 5.69 Å². The van der Waals surface area contributed by atoms with Gasteiger partial charge in [-0.25, -0.2) is 0 Å². The highest BCUT2D eigenvalue weighted by Gasteiger charge is 2.32. The number of piperidine rings is 1. The van der Waals surface area contributed by atoms with Crippen molar-refractivity contribution in [2.45, 2.75) is 25.3 Å². The molecule has 22 heavy (non-hydrogen) atoms. The molecule has 114 valence electrons. The maximum absolute atomic E-state index is 9.17. The van der Waals surface area contributed by atoms with Crippen molar-refractivity contribution in [3.63, 3.8) is 0 Å². The van der Waals surface area contributed by atoms with Crippen LogP contribution < -0.4 is 4.90 Å². The number of benzene rings is 2. The third kappa shape index (κ3) is 3.43. The van der Waals surface area contributed by atoms with Crippen LogP contribution >= 0.6 is 12.4 Å². The molecule has 1 fully saturated rings. The zero-order valence-electron chi connectivity index (χ0n) is 12.6. The van der Waals surface area contributed by atoms with Gasteiger partial charge in [-0.05, 0) is 36.5 Å². The summed E-state index contributed by atoms with van der Waals surface area (Å²) < 4.78 is 0. The predicted molar refractivity (Wildman–Crippen MR) is 93.2 cm³/mol. The molecule has 2 atom stereocenters. The molecule has 2 aromatic carbocycles. The topological polar surface area (TPSA) is 27.0 Å². The summed E-state index contributed by atoms with van der Waals surface area (Å²) in [5.41, 5.74) is 2.58. The summed E-state index contributed by atoms with van der Waals surface area (Å²) in [5.74, 6) is 0.409. The largest absolute Gasteiger partial charge is 0.364 e. The van der Waals surface area contributed by atoms with Crippen molar-refractivity contribution < 1.29 is 0 Å². The maximum Gasteiger partial charge on any atom is 0.0625 e. The van der Waals surface area contributed by atoms with E-state index in [1.165, 1.54) is 11.3 Å². The Morgan fingerprint density at radius 2 is 1.64 bits per heavy atom. The summed E-state index contributed by atoms with van der Waals surface area (Å²) in [5, 5.41) is 9.17. The minimum absolute atomic E-state index is 0. The Kier molecular flexibility index (Phi) is 5.86. The lowest BCUT2D eigenvalue weighted by Crippen LogP contribution is -2.39. The van der Waals surface area contributed by atoms with E-state index in [1.54, 1.807) is 0 Å². The molecule has 1 saturated heterocycles. The molecule has 1 aliphatic rings. The highest BCUT2D eigenvalue weighted by Crippen LogP contribution is 2.40. The van der Waals surface area contributed by atoms with E-state index in [0.29, 0.717) is 18.4 Å². The van der Waals surface area contributed by atoms with Crippen LogP contribution in [0.5, 0.6) is 0 Å². The number of rotatable bonds is 3. The van der Waals surface area contributed by atoms with Crippen LogP contribution in [0.15, 0.2) is 60.7 Å². The fourth-order valence-electron chi connectivity index (χ4n) is 3.42. The quantitative estimate of drug-likeness (QED) is 0.799. The third-order valence-corrected chi connectivity index (χ3v) is 4.34. The molecule has 0 amide bonds. The Hall–Kier alpha value is -1.98. The van der Waals surface area contributed by atoms with Crippen molar-refractivity contribution in [2.75, 3.05) is 11.4 Å². The summed E-state index contributed by atoms with van der Waals surface area (Å²) in [4.78, 5) is 2.47. The van der Waals surface area contributed by atoms with Gasteiger partial charge in [0.1, 0.15) is 0 Å². The van der Waals surface area contributed by atoms with Crippen molar-refractivity contribution in [2.24, 2.45) is 5.92 Å². The lowest BCUT2D eigenvalue weighted by Gasteiger charge is -2.42. The average molecular weight is 313 g/mol. The Morgan fingerprint density at radius 1 is 1.00 bits per heavy atom. The predicted octanol–water partition coefficient (Wildman–Crippen LogP) is 4.98. The second-order valence-electron chi connectivity index (χ2n) is 5.65. The number of anilines is 1. The molecule has 0 spiro atoms. The van der Waals surface area contributed by atoms with E-state index in [4.69, 9.17) is 0 Å². The van der Waals surface area contributed by atoms with Crippen LogP contribution in [0, 0.1) is 17.2 Å². The summed E-state index contributed by atoms with van der Waals surface area (Å²) in [6.07, 6.45) is 2.92. The zero-order valence-corrected chi connectivity index (χ0v) is 13.4. The van der Waals surface area contributed by atoms with E-state index in [1.807, 2.05) is 0 Å². The first kappa shape index (κ1) is 16.4. The molecule has 1 heterocycles. The first-order chi connectivity index (χ1) is 10.4. The van der Waals surface area contributed by atoms with Crippen LogP contribution in [0.3, 0.4) is 0 Å². The Bertz CT molecular complexity index is 606. The van der Waals surface area contributed by atoms with Crippen LogP contribution in [0.2, 0.25) is 0 Å². The van der Waals surface area contributed by atoms with Crippen molar-refractivity contribution in [1.29, 1.82) is 5.26 Å². The standard InChI is InChI=1S/C19H20N2.ClH/c20-14-13-17-10-7-15-21(18-11-5-2-6-12-18)19(17)16-8-3-1-4-9-16;/h1-6,8-9,11-12,17,19H,7,10,13,15H2;1H. The van der Waals surface area contributed by atoms with Crippen molar-refractivity contribution in [3.8, 4) is 6.07 Å². The van der Waals surface area contributed by atoms with E-state index < -0.39 is 0 Å². The molecule has 0 bridgehead atoms. The third-order valence-electron chi connectivity index (χ3n) is 4.34. The first-order valence-electron chi connectivity index (χ1n) is 7.64. The molecule has 2 nitrogen and oxygen atoms in total. The molecule has 3 heteroatoms. The van der Waals surface area contributed by atoms with Gasteiger partial charge in [0.2, 0.25) is 0 Å². The molecule has 0 aliphatic carbocycles. The van der Waals surface area contributed by atoms with Gasteiger partial charge >= 0.3 is 0 Å². The van der Waals surface area contributed by atoms with Gasteiger partial charge in [-0.15, -0.1) is 12.4 Å². The van der Waals surface area contributed by atoms with Gasteiger partial charge in [-0.3, -0.25) is 0 Å². The second kappa shape index (κ2) is 7.87. The van der Waals surface area contributed by atoms with Crippen molar-refractivity contribution in [3.05, 3.63) is 66.2 Å². The Labute approximate surface area is 138 Å². The molecule has 1 aliphatic heterocycles. The highest BCUT2D eigenvalue weighted by molar-refractivity contribution is 5.85. The van der Waals surface area contributed by atoms with E-state index in [2.05, 4.69) is 71.6 Å². The highest BCUT2D eigenvalue weighted by atomic mass is 35.5. The van der Waals surface area contributed by atoms with Crippen LogP contribution in [-0.2, 0) is 0 Å². The molecule has 3 rings (SSSR count). The minimum Gasteiger partial charge on any atom is -0.364 e. The monoisotopic (exact) mass is 312 g/mol. The fraction of sp³-hybridized carbons (Fsp3) is 0.316. The Morgan fingerprint density at radius 3 is 2.27 bits per heavy atom. The number of hydrogen-bond acceptors (Lipinski definition) is 2. The number of para-hydroxylation sites is 1. The van der Waals surface area contributed by atoms with Crippen LogP contribution in [-0.4, -0.2) is 6.54 Å². The lowest BCUT2D eigenvalue weighted by molar-refractivity contribution is 0.331. The second-order valence-corrected chi connectivity index (χ2v) is 5.65. The van der Waals surface area contributed by atoms with Gasteiger partial charge in [0, 0.05) is 18.7 Å². The number of nitrogens with zero attached hydrogens (tertiary/aromatic N) is 2. The minimum atomic E-state index is 0. The number of halogens is 1. The van der Waals surface area contributed by atoms with Crippen LogP contribution in [0.1, 0.15) is 30.9 Å². The van der Waals surface area contributed by atoms with Crippen molar-refractivity contribution in [1.82, 2.24) is 0 Å². The zero-order chi connectivity index (χ0) is 14.5. The van der Waals surface area contributed by atoms with Gasteiger partial charge in [-0.1, -0.05) is 48.5 Å². The summed E-state index contributed by atoms with van der Waals surface area (Å²) in [6, 6.07) is 23.9. The first-order valence-corrected chi connectivity index (χ1v) is 7.64. The Balaban J connectivity index is 0.00000176. The number of hydrogen-bond donors (Lipinski definition) is 0. The van der Waals surface area contributed by atoms with Gasteiger partial charge < -0.3 is 4.90 Å². The van der Waals surface area contributed by atoms with E-state index in [0.717, 1.165) is 19.4 Å². The SMILES string of the molecule is Cl.N#CCC1CCCN(c2ccccc2)C1c1ccccc1. The molecular weight excluding hydrogens is 292 g/mol. The fourth-order valence-corrected chi connectivity index (χ4v) is 3.42. The summed E-state index contributed by atoms with van der Waals surface area (Å²) >= 11 is 0. The molecular formula is C19H21ClN2. The molecule has 2 aromatic rings. The van der Waals surface area contributed by atoms with E-state index >= 15 is 0 Å². The van der Waals surface area contributed by atoms with Gasteiger partial charge in [0.15, 0.2) is 0 Å². The number of nitriles is 1. The van der Waals surface area contributed by atoms with Crippen LogP contribution in [0.25, 0.3) is 0 Å². The average Bonchev–Trinajstić information content (AvgIpc) is 2.56. The summed E-state index contributed by atoms with van der Waals surface area (Å²) in [7, 11) is 0. The van der Waals surface area contributed by atoms with Gasteiger partial charge in [-0.2, -0.15) is 5.26 Å². The molecule has 0 N–H and O–H groups in total. The van der Waals surface area contributed by atoms with E-state index in [-0.39, 0.29) is 12.4 Å². The normalized spacial score (nSPS) is 20.8. The smallest absolute Gasteiger partial charge is 0.0625 e. The molecule has 0 radical (unpaired) electrons. The molecule has 0 saturated carbocycles. The van der Waals surface area contributed by atoms with Crippen molar-refractivity contribution >= 4 is 18.1 Å². The summed E-state index contributed by atoms with van der Waals surface area (Å²) in [6.45, 7) is 1.06. The maximum atomic E-state index is 9.17.